The molecule has 0 atom stereocenters. The second kappa shape index (κ2) is 5.24. The highest BCUT2D eigenvalue weighted by atomic mass is 35.5. The summed E-state index contributed by atoms with van der Waals surface area (Å²) in [5, 5.41) is 20.0. The maximum absolute atomic E-state index is 11.9. The van der Waals surface area contributed by atoms with Gasteiger partial charge >= 0.3 is 0 Å². The lowest BCUT2D eigenvalue weighted by Crippen LogP contribution is -2.15. The van der Waals surface area contributed by atoms with Crippen LogP contribution in [0.15, 0.2) is 24.3 Å². The summed E-state index contributed by atoms with van der Waals surface area (Å²) in [5.41, 5.74) is 2.05. The summed E-state index contributed by atoms with van der Waals surface area (Å²) in [6.45, 7) is 3.52. The molecule has 1 aromatic heterocycles. The third-order valence-corrected chi connectivity index (χ3v) is 2.95. The van der Waals surface area contributed by atoms with E-state index in [9.17, 15) is 9.90 Å². The molecular formula is C13H12ClN3O2. The molecule has 0 saturated heterocycles. The molecule has 2 N–H and O–H groups in total. The van der Waals surface area contributed by atoms with Crippen molar-refractivity contribution in [1.82, 2.24) is 10.2 Å². The highest BCUT2D eigenvalue weighted by Gasteiger charge is 2.12. The number of phenolic OH excluding ortho intramolecular Hbond substituents is 1. The molecule has 0 spiro atoms. The Labute approximate surface area is 115 Å². The Hall–Kier alpha value is -2.14. The number of aromatic nitrogens is 2. The molecule has 0 bridgehead atoms. The van der Waals surface area contributed by atoms with Crippen LogP contribution in [0.2, 0.25) is 5.15 Å². The molecule has 0 saturated carbocycles. The first-order valence-corrected chi connectivity index (χ1v) is 5.96. The number of aryl methyl sites for hydroxylation is 1. The van der Waals surface area contributed by atoms with Gasteiger partial charge in [0.15, 0.2) is 10.8 Å². The highest BCUT2D eigenvalue weighted by Crippen LogP contribution is 2.28. The number of hydrogen-bond donors (Lipinski definition) is 2. The van der Waals surface area contributed by atoms with Crippen LogP contribution in [-0.4, -0.2) is 21.2 Å². The van der Waals surface area contributed by atoms with Crippen LogP contribution < -0.4 is 5.32 Å². The van der Waals surface area contributed by atoms with Crippen LogP contribution in [0.5, 0.6) is 5.75 Å². The highest BCUT2D eigenvalue weighted by molar-refractivity contribution is 6.29. The molecule has 98 valence electrons. The first-order chi connectivity index (χ1) is 8.99. The number of phenols is 1. The van der Waals surface area contributed by atoms with Gasteiger partial charge in [0.25, 0.3) is 5.91 Å². The van der Waals surface area contributed by atoms with Crippen molar-refractivity contribution in [3.8, 4) is 5.75 Å². The van der Waals surface area contributed by atoms with Gasteiger partial charge in [0.05, 0.1) is 0 Å². The van der Waals surface area contributed by atoms with E-state index in [1.807, 2.05) is 0 Å². The van der Waals surface area contributed by atoms with Crippen molar-refractivity contribution in [3.05, 3.63) is 46.2 Å². The van der Waals surface area contributed by atoms with Gasteiger partial charge in [-0.05, 0) is 37.6 Å². The average Bonchev–Trinajstić information content (AvgIpc) is 2.40. The van der Waals surface area contributed by atoms with Crippen molar-refractivity contribution >= 4 is 23.2 Å². The number of anilines is 1. The van der Waals surface area contributed by atoms with Crippen LogP contribution in [0.25, 0.3) is 0 Å². The standard InChI is InChI=1S/C13H12ClN3O2/c1-7-3-4-9(8(2)12(7)18)15-13(19)10-5-6-11(14)17-16-10/h3-6,18H,1-2H3,(H,15,19). The molecule has 1 heterocycles. The number of nitrogens with one attached hydrogen (secondary N) is 1. The van der Waals surface area contributed by atoms with E-state index in [4.69, 9.17) is 11.6 Å². The minimum atomic E-state index is -0.407. The summed E-state index contributed by atoms with van der Waals surface area (Å²) < 4.78 is 0. The maximum Gasteiger partial charge on any atom is 0.276 e. The molecule has 1 amide bonds. The number of rotatable bonds is 2. The van der Waals surface area contributed by atoms with E-state index in [2.05, 4.69) is 15.5 Å². The average molecular weight is 278 g/mol. The Morgan fingerprint density at radius 1 is 1.21 bits per heavy atom. The van der Waals surface area contributed by atoms with E-state index in [1.54, 1.807) is 26.0 Å². The van der Waals surface area contributed by atoms with Crippen LogP contribution in [0.4, 0.5) is 5.69 Å². The predicted octanol–water partition coefficient (Wildman–Crippen LogP) is 2.70. The van der Waals surface area contributed by atoms with Crippen LogP contribution in [0.3, 0.4) is 0 Å². The largest absolute Gasteiger partial charge is 0.507 e. The number of nitrogens with zero attached hydrogens (tertiary/aromatic N) is 2. The topological polar surface area (TPSA) is 75.1 Å². The van der Waals surface area contributed by atoms with Crippen molar-refractivity contribution < 1.29 is 9.90 Å². The Morgan fingerprint density at radius 3 is 2.58 bits per heavy atom. The molecule has 19 heavy (non-hydrogen) atoms. The molecule has 0 aliphatic heterocycles. The molecule has 6 heteroatoms. The molecule has 2 aromatic rings. The van der Waals surface area contributed by atoms with E-state index in [-0.39, 0.29) is 16.6 Å². The van der Waals surface area contributed by atoms with Gasteiger partial charge in [-0.1, -0.05) is 17.7 Å². The van der Waals surface area contributed by atoms with Crippen molar-refractivity contribution in [2.45, 2.75) is 13.8 Å². The van der Waals surface area contributed by atoms with E-state index in [0.717, 1.165) is 5.56 Å². The summed E-state index contributed by atoms with van der Waals surface area (Å²) in [5.74, 6) is -0.240. The Balaban J connectivity index is 2.24. The van der Waals surface area contributed by atoms with Crippen molar-refractivity contribution in [1.29, 1.82) is 0 Å². The number of carbonyl (C=O) groups excluding carboxylic acids is 1. The zero-order valence-electron chi connectivity index (χ0n) is 10.4. The van der Waals surface area contributed by atoms with Gasteiger partial charge in [-0.2, -0.15) is 0 Å². The van der Waals surface area contributed by atoms with Crippen LogP contribution in [0, 0.1) is 13.8 Å². The minimum Gasteiger partial charge on any atom is -0.507 e. The van der Waals surface area contributed by atoms with E-state index in [1.165, 1.54) is 12.1 Å². The van der Waals surface area contributed by atoms with E-state index < -0.39 is 5.91 Å². The minimum absolute atomic E-state index is 0.156. The zero-order chi connectivity index (χ0) is 14.0. The van der Waals surface area contributed by atoms with Gasteiger partial charge in [-0.25, -0.2) is 0 Å². The Morgan fingerprint density at radius 2 is 1.95 bits per heavy atom. The fourth-order valence-electron chi connectivity index (χ4n) is 1.59. The third-order valence-electron chi connectivity index (χ3n) is 2.75. The molecule has 0 aliphatic carbocycles. The smallest absolute Gasteiger partial charge is 0.276 e. The molecule has 1 aromatic carbocycles. The lowest BCUT2D eigenvalue weighted by atomic mass is 10.1. The molecular weight excluding hydrogens is 266 g/mol. The van der Waals surface area contributed by atoms with Gasteiger partial charge in [-0.15, -0.1) is 10.2 Å². The SMILES string of the molecule is Cc1ccc(NC(=O)c2ccc(Cl)nn2)c(C)c1O. The summed E-state index contributed by atoms with van der Waals surface area (Å²) in [6, 6.07) is 6.42. The van der Waals surface area contributed by atoms with Crippen molar-refractivity contribution in [3.63, 3.8) is 0 Å². The van der Waals surface area contributed by atoms with Crippen LogP contribution in [-0.2, 0) is 0 Å². The van der Waals surface area contributed by atoms with Gasteiger partial charge in [-0.3, -0.25) is 4.79 Å². The maximum atomic E-state index is 11.9. The molecule has 0 fully saturated rings. The second-order valence-corrected chi connectivity index (χ2v) is 4.49. The predicted molar refractivity (Wildman–Crippen MR) is 72.6 cm³/mol. The normalized spacial score (nSPS) is 10.3. The number of halogens is 1. The fourth-order valence-corrected chi connectivity index (χ4v) is 1.70. The summed E-state index contributed by atoms with van der Waals surface area (Å²) in [7, 11) is 0. The van der Waals surface area contributed by atoms with Crippen molar-refractivity contribution in [2.75, 3.05) is 5.32 Å². The Kier molecular flexibility index (Phi) is 3.66. The molecule has 0 aliphatic rings. The number of hydrogen-bond acceptors (Lipinski definition) is 4. The lowest BCUT2D eigenvalue weighted by molar-refractivity contribution is 0.102. The third kappa shape index (κ3) is 2.82. The number of carbonyl (C=O) groups is 1. The quantitative estimate of drug-likeness (QED) is 0.885. The molecule has 2 rings (SSSR count). The van der Waals surface area contributed by atoms with Crippen molar-refractivity contribution in [2.24, 2.45) is 0 Å². The first-order valence-electron chi connectivity index (χ1n) is 5.59. The fraction of sp³-hybridized carbons (Fsp3) is 0.154. The van der Waals surface area contributed by atoms with Gasteiger partial charge in [0.1, 0.15) is 5.75 Å². The lowest BCUT2D eigenvalue weighted by Gasteiger charge is -2.10. The number of benzene rings is 1. The summed E-state index contributed by atoms with van der Waals surface area (Å²) in [4.78, 5) is 11.9. The van der Waals surface area contributed by atoms with Gasteiger partial charge in [0, 0.05) is 11.3 Å². The number of aromatic hydroxyl groups is 1. The van der Waals surface area contributed by atoms with Crippen LogP contribution >= 0.6 is 11.6 Å². The summed E-state index contributed by atoms with van der Waals surface area (Å²) in [6.07, 6.45) is 0. The van der Waals surface area contributed by atoms with E-state index >= 15 is 0 Å². The van der Waals surface area contributed by atoms with Gasteiger partial charge < -0.3 is 10.4 Å². The first kappa shape index (κ1) is 13.3. The molecule has 0 radical (unpaired) electrons. The monoisotopic (exact) mass is 277 g/mol. The summed E-state index contributed by atoms with van der Waals surface area (Å²) >= 11 is 5.60. The van der Waals surface area contributed by atoms with Gasteiger partial charge in [0.2, 0.25) is 0 Å². The number of amides is 1. The molecule has 5 nitrogen and oxygen atoms in total. The molecule has 0 unspecified atom stereocenters. The van der Waals surface area contributed by atoms with Crippen LogP contribution in [0.1, 0.15) is 21.6 Å². The Bertz CT molecular complexity index is 627. The second-order valence-electron chi connectivity index (χ2n) is 4.10. The zero-order valence-corrected chi connectivity index (χ0v) is 11.2. The van der Waals surface area contributed by atoms with E-state index in [0.29, 0.717) is 11.3 Å².